The van der Waals surface area contributed by atoms with Gasteiger partial charge in [0.1, 0.15) is 5.58 Å². The first-order chi connectivity index (χ1) is 24.1. The smallest absolute Gasteiger partial charge is 0.159 e. The lowest BCUT2D eigenvalue weighted by atomic mass is 9.82. The third kappa shape index (κ3) is 4.07. The van der Waals surface area contributed by atoms with E-state index in [1.165, 1.54) is 49.5 Å². The lowest BCUT2D eigenvalue weighted by Gasteiger charge is -2.28. The molecular formula is C47H33NO. The molecule has 10 rings (SSSR count). The fraction of sp³-hybridized carbons (Fsp3) is 0.0638. The van der Waals surface area contributed by atoms with E-state index in [1.54, 1.807) is 0 Å². The molecule has 1 aliphatic carbocycles. The van der Waals surface area contributed by atoms with Crippen LogP contribution < -0.4 is 4.90 Å². The molecule has 2 heteroatoms. The van der Waals surface area contributed by atoms with Crippen molar-refractivity contribution in [2.75, 3.05) is 4.90 Å². The van der Waals surface area contributed by atoms with Crippen LogP contribution in [0.3, 0.4) is 0 Å². The van der Waals surface area contributed by atoms with Crippen LogP contribution in [0.1, 0.15) is 25.0 Å². The molecule has 49 heavy (non-hydrogen) atoms. The fourth-order valence-corrected chi connectivity index (χ4v) is 8.28. The molecule has 0 atom stereocenters. The summed E-state index contributed by atoms with van der Waals surface area (Å²) in [5, 5.41) is 7.08. The molecule has 9 aromatic rings. The molecule has 1 aliphatic rings. The normalized spacial score (nSPS) is 13.3. The summed E-state index contributed by atoms with van der Waals surface area (Å²) >= 11 is 0. The van der Waals surface area contributed by atoms with E-state index in [2.05, 4.69) is 183 Å². The molecule has 2 nitrogen and oxygen atoms in total. The molecular weight excluding hydrogens is 595 g/mol. The van der Waals surface area contributed by atoms with Crippen molar-refractivity contribution in [3.05, 3.63) is 175 Å². The molecule has 1 heterocycles. The summed E-state index contributed by atoms with van der Waals surface area (Å²) in [7, 11) is 0. The van der Waals surface area contributed by atoms with Crippen LogP contribution in [0.25, 0.3) is 65.7 Å². The van der Waals surface area contributed by atoms with E-state index in [1.807, 2.05) is 0 Å². The summed E-state index contributed by atoms with van der Waals surface area (Å²) in [6, 6.07) is 59.2. The molecule has 0 unspecified atom stereocenters. The number of anilines is 3. The van der Waals surface area contributed by atoms with Crippen molar-refractivity contribution >= 4 is 60.5 Å². The van der Waals surface area contributed by atoms with Gasteiger partial charge in [-0.1, -0.05) is 147 Å². The Kier molecular flexibility index (Phi) is 5.95. The third-order valence-electron chi connectivity index (χ3n) is 10.7. The molecule has 232 valence electrons. The van der Waals surface area contributed by atoms with Gasteiger partial charge >= 0.3 is 0 Å². The summed E-state index contributed by atoms with van der Waals surface area (Å²) in [6.45, 7) is 4.69. The second-order valence-corrected chi connectivity index (χ2v) is 13.7. The Labute approximate surface area is 285 Å². The number of benzene rings is 8. The summed E-state index contributed by atoms with van der Waals surface area (Å²) < 4.78 is 7.06. The predicted molar refractivity (Wildman–Crippen MR) is 206 cm³/mol. The first-order valence-electron chi connectivity index (χ1n) is 17.0. The highest BCUT2D eigenvalue weighted by Crippen LogP contribution is 2.52. The number of para-hydroxylation sites is 1. The third-order valence-corrected chi connectivity index (χ3v) is 10.7. The van der Waals surface area contributed by atoms with Gasteiger partial charge in [0, 0.05) is 32.9 Å². The summed E-state index contributed by atoms with van der Waals surface area (Å²) in [5.41, 5.74) is 12.6. The summed E-state index contributed by atoms with van der Waals surface area (Å²) in [5.74, 6) is 0. The molecule has 8 aromatic carbocycles. The van der Waals surface area contributed by atoms with E-state index in [-0.39, 0.29) is 5.41 Å². The van der Waals surface area contributed by atoms with Crippen LogP contribution in [-0.4, -0.2) is 0 Å². The Morgan fingerprint density at radius 3 is 1.82 bits per heavy atom. The van der Waals surface area contributed by atoms with Crippen LogP contribution in [0, 0.1) is 0 Å². The van der Waals surface area contributed by atoms with E-state index in [0.717, 1.165) is 44.4 Å². The molecule has 0 aliphatic heterocycles. The van der Waals surface area contributed by atoms with Crippen LogP contribution >= 0.6 is 0 Å². The second kappa shape index (κ2) is 10.4. The van der Waals surface area contributed by atoms with E-state index < -0.39 is 0 Å². The van der Waals surface area contributed by atoms with Crippen molar-refractivity contribution in [1.29, 1.82) is 0 Å². The Balaban J connectivity index is 1.24. The molecule has 0 radical (unpaired) electrons. The number of rotatable bonds is 4. The van der Waals surface area contributed by atoms with Gasteiger partial charge in [0.2, 0.25) is 0 Å². The lowest BCUT2D eigenvalue weighted by Crippen LogP contribution is -2.16. The van der Waals surface area contributed by atoms with Gasteiger partial charge in [0.15, 0.2) is 5.58 Å². The number of hydrogen-bond donors (Lipinski definition) is 0. The van der Waals surface area contributed by atoms with Crippen LogP contribution in [0.2, 0.25) is 0 Å². The summed E-state index contributed by atoms with van der Waals surface area (Å²) in [4.78, 5) is 2.38. The molecule has 0 saturated carbocycles. The van der Waals surface area contributed by atoms with Crippen LogP contribution in [0.15, 0.2) is 168 Å². The van der Waals surface area contributed by atoms with Gasteiger partial charge in [-0.05, 0) is 79.9 Å². The van der Waals surface area contributed by atoms with Crippen molar-refractivity contribution in [1.82, 2.24) is 0 Å². The maximum atomic E-state index is 7.06. The number of nitrogens with zero attached hydrogens (tertiary/aromatic N) is 1. The average Bonchev–Trinajstić information content (AvgIpc) is 3.66. The van der Waals surface area contributed by atoms with Crippen molar-refractivity contribution in [2.24, 2.45) is 0 Å². The van der Waals surface area contributed by atoms with Crippen molar-refractivity contribution in [3.8, 4) is 22.3 Å². The zero-order chi connectivity index (χ0) is 32.7. The van der Waals surface area contributed by atoms with Gasteiger partial charge in [-0.3, -0.25) is 0 Å². The van der Waals surface area contributed by atoms with Crippen molar-refractivity contribution in [2.45, 2.75) is 19.3 Å². The fourth-order valence-electron chi connectivity index (χ4n) is 8.28. The van der Waals surface area contributed by atoms with E-state index in [0.29, 0.717) is 0 Å². The minimum atomic E-state index is -0.117. The molecule has 0 fully saturated rings. The minimum Gasteiger partial charge on any atom is -0.453 e. The maximum Gasteiger partial charge on any atom is 0.159 e. The highest BCUT2D eigenvalue weighted by atomic mass is 16.3. The quantitative estimate of drug-likeness (QED) is 0.181. The Hall–Kier alpha value is -6.12. The predicted octanol–water partition coefficient (Wildman–Crippen LogP) is 13.3. The molecule has 1 aromatic heterocycles. The summed E-state index contributed by atoms with van der Waals surface area (Å²) in [6.07, 6.45) is 0. The van der Waals surface area contributed by atoms with E-state index >= 15 is 0 Å². The number of fused-ring (bicyclic) bond motifs is 11. The Morgan fingerprint density at radius 1 is 0.429 bits per heavy atom. The highest BCUT2D eigenvalue weighted by molar-refractivity contribution is 6.31. The highest BCUT2D eigenvalue weighted by Gasteiger charge is 2.36. The maximum absolute atomic E-state index is 7.06. The zero-order valence-corrected chi connectivity index (χ0v) is 27.4. The lowest BCUT2D eigenvalue weighted by molar-refractivity contribution is 0.660. The van der Waals surface area contributed by atoms with Gasteiger partial charge in [-0.25, -0.2) is 0 Å². The first-order valence-corrected chi connectivity index (χ1v) is 17.0. The van der Waals surface area contributed by atoms with Crippen molar-refractivity contribution < 1.29 is 4.42 Å². The average molecular weight is 628 g/mol. The standard InChI is InChI=1S/C47H33NO/c1-47(2)41-21-11-10-17-36(41)37-28-27-33(29-42(37)47)48(32-25-23-31(24-26-32)30-13-4-3-5-14-30)43-22-12-20-40-44-38-18-8-6-15-34(38)35-16-7-9-19-39(35)46(44)49-45(40)43/h3-29H,1-2H3. The molecule has 0 amide bonds. The van der Waals surface area contributed by atoms with Crippen molar-refractivity contribution in [3.63, 3.8) is 0 Å². The SMILES string of the molecule is CC1(C)c2ccccc2-c2ccc(N(c3ccc(-c4ccccc4)cc3)c3cccc4c3oc3c5ccccc5c5ccccc5c43)cc21. The van der Waals surface area contributed by atoms with Crippen LogP contribution in [0.4, 0.5) is 17.1 Å². The van der Waals surface area contributed by atoms with Crippen LogP contribution in [0.5, 0.6) is 0 Å². The Morgan fingerprint density at radius 2 is 1.02 bits per heavy atom. The largest absolute Gasteiger partial charge is 0.453 e. The zero-order valence-electron chi connectivity index (χ0n) is 27.4. The van der Waals surface area contributed by atoms with E-state index in [4.69, 9.17) is 4.42 Å². The van der Waals surface area contributed by atoms with Gasteiger partial charge in [-0.15, -0.1) is 0 Å². The Bertz CT molecular complexity index is 2730. The first kappa shape index (κ1) is 27.9. The topological polar surface area (TPSA) is 16.4 Å². The molecule has 0 saturated heterocycles. The van der Waals surface area contributed by atoms with E-state index in [9.17, 15) is 0 Å². The van der Waals surface area contributed by atoms with Gasteiger partial charge in [-0.2, -0.15) is 0 Å². The molecule has 0 spiro atoms. The minimum absolute atomic E-state index is 0.117. The van der Waals surface area contributed by atoms with Gasteiger partial charge < -0.3 is 9.32 Å². The molecule has 0 bridgehead atoms. The second-order valence-electron chi connectivity index (χ2n) is 13.7. The van der Waals surface area contributed by atoms with Gasteiger partial charge in [0.25, 0.3) is 0 Å². The monoisotopic (exact) mass is 627 g/mol. The number of hydrogen-bond acceptors (Lipinski definition) is 2. The number of furan rings is 1. The molecule has 0 N–H and O–H groups in total. The van der Waals surface area contributed by atoms with Gasteiger partial charge in [0.05, 0.1) is 5.69 Å². The van der Waals surface area contributed by atoms with Crippen LogP contribution in [-0.2, 0) is 5.41 Å².